The molecule has 0 aliphatic heterocycles. The number of methoxy groups -OCH3 is 1. The quantitative estimate of drug-likeness (QED) is 0.842. The molecule has 0 radical (unpaired) electrons. The van der Waals surface area contributed by atoms with Crippen molar-refractivity contribution in [2.75, 3.05) is 13.7 Å². The van der Waals surface area contributed by atoms with Gasteiger partial charge in [-0.2, -0.15) is 0 Å². The van der Waals surface area contributed by atoms with Crippen LogP contribution in [0.5, 0.6) is 11.5 Å². The largest absolute Gasteiger partial charge is 0.503 e. The first-order valence-electron chi connectivity index (χ1n) is 6.54. The van der Waals surface area contributed by atoms with E-state index >= 15 is 0 Å². The molecule has 0 aromatic heterocycles. The molecule has 0 spiro atoms. The smallest absolute Gasteiger partial charge is 0.172 e. The lowest BCUT2D eigenvalue weighted by Crippen LogP contribution is -2.45. The third kappa shape index (κ3) is 3.61. The molecule has 0 atom stereocenters. The van der Waals surface area contributed by atoms with Gasteiger partial charge in [-0.25, -0.2) is 0 Å². The van der Waals surface area contributed by atoms with Gasteiger partial charge < -0.3 is 19.9 Å². The van der Waals surface area contributed by atoms with E-state index < -0.39 is 0 Å². The van der Waals surface area contributed by atoms with Gasteiger partial charge in [0.05, 0.1) is 17.7 Å². The van der Waals surface area contributed by atoms with Crippen LogP contribution in [0.3, 0.4) is 0 Å². The zero-order valence-electron chi connectivity index (χ0n) is 11.3. The molecule has 1 aliphatic rings. The van der Waals surface area contributed by atoms with E-state index in [9.17, 15) is 5.11 Å². The van der Waals surface area contributed by atoms with E-state index in [0.29, 0.717) is 22.4 Å². The average molecular weight is 330 g/mol. The Morgan fingerprint density at radius 1 is 1.42 bits per heavy atom. The molecule has 2 N–H and O–H groups in total. The van der Waals surface area contributed by atoms with Crippen molar-refractivity contribution in [3.05, 3.63) is 22.2 Å². The van der Waals surface area contributed by atoms with Crippen LogP contribution >= 0.6 is 15.9 Å². The molecule has 0 bridgehead atoms. The molecule has 4 nitrogen and oxygen atoms in total. The third-order valence-corrected chi connectivity index (χ3v) is 4.00. The minimum atomic E-state index is 0.145. The summed E-state index contributed by atoms with van der Waals surface area (Å²) in [7, 11) is 1.55. The minimum Gasteiger partial charge on any atom is -0.503 e. The third-order valence-electron chi connectivity index (χ3n) is 3.40. The maximum absolute atomic E-state index is 9.74. The number of hydrogen-bond donors (Lipinski definition) is 2. The predicted octanol–water partition coefficient (Wildman–Crippen LogP) is 2.82. The van der Waals surface area contributed by atoms with Gasteiger partial charge in [0.25, 0.3) is 0 Å². The van der Waals surface area contributed by atoms with E-state index in [1.807, 2.05) is 19.1 Å². The van der Waals surface area contributed by atoms with Crippen LogP contribution in [0.4, 0.5) is 0 Å². The topological polar surface area (TPSA) is 50.7 Å². The van der Waals surface area contributed by atoms with Gasteiger partial charge in [0.15, 0.2) is 11.5 Å². The molecule has 19 heavy (non-hydrogen) atoms. The lowest BCUT2D eigenvalue weighted by atomic mass is 9.89. The van der Waals surface area contributed by atoms with Crippen LogP contribution in [0.15, 0.2) is 16.6 Å². The molecule has 0 unspecified atom stereocenters. The molecule has 1 fully saturated rings. The van der Waals surface area contributed by atoms with E-state index in [0.717, 1.165) is 31.6 Å². The maximum Gasteiger partial charge on any atom is 0.172 e. The fourth-order valence-corrected chi connectivity index (χ4v) is 2.74. The molecule has 0 amide bonds. The molecule has 0 heterocycles. The Bertz CT molecular complexity index is 433. The minimum absolute atomic E-state index is 0.145. The molecular formula is C14H20BrNO3. The summed E-state index contributed by atoms with van der Waals surface area (Å²) in [5, 5.41) is 13.2. The molecule has 1 aromatic carbocycles. The van der Waals surface area contributed by atoms with Crippen LogP contribution in [0.1, 0.15) is 25.3 Å². The Morgan fingerprint density at radius 2 is 2.16 bits per heavy atom. The Labute approximate surface area is 122 Å². The van der Waals surface area contributed by atoms with Crippen molar-refractivity contribution < 1.29 is 14.6 Å². The van der Waals surface area contributed by atoms with Crippen molar-refractivity contribution in [2.45, 2.75) is 38.5 Å². The van der Waals surface area contributed by atoms with Crippen molar-refractivity contribution in [3.63, 3.8) is 0 Å². The predicted molar refractivity (Wildman–Crippen MR) is 77.6 cm³/mol. The van der Waals surface area contributed by atoms with E-state index in [2.05, 4.69) is 21.2 Å². The van der Waals surface area contributed by atoms with Gasteiger partial charge in [-0.15, -0.1) is 0 Å². The maximum atomic E-state index is 9.74. The summed E-state index contributed by atoms with van der Waals surface area (Å²) in [5.74, 6) is 0.637. The Kier molecular flexibility index (Phi) is 5.07. The summed E-state index contributed by atoms with van der Waals surface area (Å²) in [6, 6.07) is 4.28. The highest BCUT2D eigenvalue weighted by Crippen LogP contribution is 2.35. The number of hydrogen-bond acceptors (Lipinski definition) is 4. The summed E-state index contributed by atoms with van der Waals surface area (Å²) in [6.45, 7) is 3.58. The van der Waals surface area contributed by atoms with Gasteiger partial charge in [0, 0.05) is 19.2 Å². The van der Waals surface area contributed by atoms with E-state index in [1.165, 1.54) is 0 Å². The zero-order valence-corrected chi connectivity index (χ0v) is 12.9. The zero-order chi connectivity index (χ0) is 13.8. The van der Waals surface area contributed by atoms with Gasteiger partial charge >= 0.3 is 0 Å². The SMILES string of the molecule is CCOC1CC(NCc2cc(Br)c(O)c(OC)c2)C1. The average Bonchev–Trinajstić information content (AvgIpc) is 2.35. The second-order valence-corrected chi connectivity index (χ2v) is 5.61. The van der Waals surface area contributed by atoms with Gasteiger partial charge in [-0.1, -0.05) is 0 Å². The number of phenols is 1. The normalized spacial score (nSPS) is 22.1. The fraction of sp³-hybridized carbons (Fsp3) is 0.571. The fourth-order valence-electron chi connectivity index (χ4n) is 2.25. The number of phenolic OH excluding ortho intramolecular Hbond substituents is 1. The molecule has 1 aliphatic carbocycles. The van der Waals surface area contributed by atoms with Crippen LogP contribution in [0.25, 0.3) is 0 Å². The molecule has 1 saturated carbocycles. The van der Waals surface area contributed by atoms with Gasteiger partial charge in [0.2, 0.25) is 0 Å². The highest BCUT2D eigenvalue weighted by molar-refractivity contribution is 9.10. The highest BCUT2D eigenvalue weighted by Gasteiger charge is 2.28. The van der Waals surface area contributed by atoms with E-state index in [4.69, 9.17) is 9.47 Å². The molecule has 2 rings (SSSR count). The van der Waals surface area contributed by atoms with Crippen LogP contribution in [-0.2, 0) is 11.3 Å². The lowest BCUT2D eigenvalue weighted by Gasteiger charge is -2.35. The summed E-state index contributed by atoms with van der Waals surface area (Å²) >= 11 is 3.33. The van der Waals surface area contributed by atoms with Crippen molar-refractivity contribution in [1.82, 2.24) is 5.32 Å². The Balaban J connectivity index is 1.85. The summed E-state index contributed by atoms with van der Waals surface area (Å²) in [5.41, 5.74) is 1.08. The van der Waals surface area contributed by atoms with Crippen LogP contribution in [0.2, 0.25) is 0 Å². The number of nitrogens with one attached hydrogen (secondary N) is 1. The van der Waals surface area contributed by atoms with Crippen molar-refractivity contribution in [1.29, 1.82) is 0 Å². The first-order valence-corrected chi connectivity index (χ1v) is 7.33. The summed E-state index contributed by atoms with van der Waals surface area (Å²) < 4.78 is 11.3. The number of halogens is 1. The first-order chi connectivity index (χ1) is 9.13. The lowest BCUT2D eigenvalue weighted by molar-refractivity contribution is -0.0102. The van der Waals surface area contributed by atoms with E-state index in [-0.39, 0.29) is 5.75 Å². The molecule has 0 saturated heterocycles. The Hall–Kier alpha value is -0.780. The standard InChI is InChI=1S/C14H20BrNO3/c1-3-19-11-6-10(7-11)16-8-9-4-12(15)14(17)13(5-9)18-2/h4-5,10-11,16-17H,3,6-8H2,1-2H3. The molecule has 1 aromatic rings. The number of ether oxygens (including phenoxy) is 2. The van der Waals surface area contributed by atoms with Gasteiger partial charge in [0.1, 0.15) is 0 Å². The molecular weight excluding hydrogens is 310 g/mol. The van der Waals surface area contributed by atoms with Crippen LogP contribution in [0, 0.1) is 0 Å². The van der Waals surface area contributed by atoms with Crippen molar-refractivity contribution >= 4 is 15.9 Å². The summed E-state index contributed by atoms with van der Waals surface area (Å²) in [6.07, 6.45) is 2.57. The second-order valence-electron chi connectivity index (χ2n) is 4.76. The van der Waals surface area contributed by atoms with E-state index in [1.54, 1.807) is 7.11 Å². The van der Waals surface area contributed by atoms with Crippen LogP contribution in [-0.4, -0.2) is 31.0 Å². The van der Waals surface area contributed by atoms with Crippen molar-refractivity contribution in [3.8, 4) is 11.5 Å². The highest BCUT2D eigenvalue weighted by atomic mass is 79.9. The molecule has 106 valence electrons. The second kappa shape index (κ2) is 6.59. The summed E-state index contributed by atoms with van der Waals surface area (Å²) in [4.78, 5) is 0. The van der Waals surface area contributed by atoms with Gasteiger partial charge in [-0.05, 0) is 53.4 Å². The van der Waals surface area contributed by atoms with Gasteiger partial charge in [-0.3, -0.25) is 0 Å². The Morgan fingerprint density at radius 3 is 2.79 bits per heavy atom. The first kappa shape index (κ1) is 14.6. The van der Waals surface area contributed by atoms with Crippen molar-refractivity contribution in [2.24, 2.45) is 0 Å². The number of benzene rings is 1. The monoisotopic (exact) mass is 329 g/mol. The number of aromatic hydroxyl groups is 1. The molecule has 5 heteroatoms. The van der Waals surface area contributed by atoms with Crippen LogP contribution < -0.4 is 10.1 Å². The number of rotatable bonds is 6.